The van der Waals surface area contributed by atoms with E-state index in [0.717, 1.165) is 37.7 Å². The van der Waals surface area contributed by atoms with Gasteiger partial charge in [-0.2, -0.15) is 16.8 Å². The molecule has 8 atom stereocenters. The van der Waals surface area contributed by atoms with Gasteiger partial charge in [0.25, 0.3) is 0 Å². The Bertz CT molecular complexity index is 1030. The van der Waals surface area contributed by atoms with Crippen molar-refractivity contribution in [3.8, 4) is 0 Å². The summed E-state index contributed by atoms with van der Waals surface area (Å²) in [5.74, 6) is 0.878. The number of carbonyl (C=O) groups is 1. The van der Waals surface area contributed by atoms with Crippen LogP contribution in [0.5, 0.6) is 0 Å². The Morgan fingerprint density at radius 3 is 2.28 bits per heavy atom. The molecule has 32 heavy (non-hydrogen) atoms. The standard InChI is InChI=1S/C21H32O9S2/c1-12(22)16-6-7-17-15-5-4-13-10-14(29-31(23,24)25)11-19(30-32(26,27)28)21(13,3)18(15)8-9-20(16,17)2/h4,14-19H,5-11H2,1-3H3,(H,23,24,25)(H,26,27,28)/t14?,15-,16+,17-,18-,19?,20+,21-/m0/s1. The first-order valence-electron chi connectivity index (χ1n) is 11.2. The van der Waals surface area contributed by atoms with Crippen molar-refractivity contribution in [2.24, 2.45) is 34.5 Å². The molecule has 0 bridgehead atoms. The molecular weight excluding hydrogens is 460 g/mol. The Balaban J connectivity index is 1.71. The van der Waals surface area contributed by atoms with Gasteiger partial charge in [-0.3, -0.25) is 13.9 Å². The quantitative estimate of drug-likeness (QED) is 0.437. The van der Waals surface area contributed by atoms with E-state index in [0.29, 0.717) is 5.92 Å². The van der Waals surface area contributed by atoms with Gasteiger partial charge in [0.15, 0.2) is 0 Å². The van der Waals surface area contributed by atoms with Gasteiger partial charge in [-0.1, -0.05) is 25.5 Å². The molecule has 2 unspecified atom stereocenters. The van der Waals surface area contributed by atoms with Crippen LogP contribution in [0, 0.1) is 34.5 Å². The summed E-state index contributed by atoms with van der Waals surface area (Å²) in [5, 5.41) is 0. The predicted octanol–water partition coefficient (Wildman–Crippen LogP) is 3.14. The van der Waals surface area contributed by atoms with Crippen LogP contribution in [0.3, 0.4) is 0 Å². The van der Waals surface area contributed by atoms with Crippen molar-refractivity contribution in [1.82, 2.24) is 0 Å². The molecule has 2 N–H and O–H groups in total. The monoisotopic (exact) mass is 492 g/mol. The topological polar surface area (TPSA) is 144 Å². The second-order valence-corrected chi connectivity index (χ2v) is 12.6. The van der Waals surface area contributed by atoms with Crippen LogP contribution in [0.2, 0.25) is 0 Å². The van der Waals surface area contributed by atoms with Crippen LogP contribution in [0.4, 0.5) is 0 Å². The summed E-state index contributed by atoms with van der Waals surface area (Å²) in [6, 6.07) is 0. The van der Waals surface area contributed by atoms with E-state index < -0.39 is 38.4 Å². The molecule has 0 radical (unpaired) electrons. The van der Waals surface area contributed by atoms with E-state index in [2.05, 4.69) is 6.92 Å². The summed E-state index contributed by atoms with van der Waals surface area (Å²) in [4.78, 5) is 12.3. The zero-order valence-corrected chi connectivity index (χ0v) is 20.2. The molecule has 0 spiro atoms. The van der Waals surface area contributed by atoms with Crippen LogP contribution in [-0.4, -0.2) is 43.9 Å². The third kappa shape index (κ3) is 4.09. The third-order valence-corrected chi connectivity index (χ3v) is 10.1. The van der Waals surface area contributed by atoms with Crippen molar-refractivity contribution < 1.29 is 39.1 Å². The van der Waals surface area contributed by atoms with Gasteiger partial charge in [0.1, 0.15) is 5.78 Å². The molecule has 0 heterocycles. The molecule has 182 valence electrons. The van der Waals surface area contributed by atoms with Crippen LogP contribution in [0.25, 0.3) is 0 Å². The fourth-order valence-electron chi connectivity index (χ4n) is 7.86. The Kier molecular flexibility index (Phi) is 5.95. The Hall–Kier alpha value is -0.850. The predicted molar refractivity (Wildman–Crippen MR) is 114 cm³/mol. The first kappa shape index (κ1) is 24.3. The fraction of sp³-hybridized carbons (Fsp3) is 0.857. The summed E-state index contributed by atoms with van der Waals surface area (Å²) in [7, 11) is -9.54. The van der Waals surface area contributed by atoms with E-state index in [4.69, 9.17) is 12.9 Å². The maximum Gasteiger partial charge on any atom is 0.397 e. The van der Waals surface area contributed by atoms with Crippen molar-refractivity contribution in [2.45, 2.75) is 77.9 Å². The van der Waals surface area contributed by atoms with E-state index in [1.807, 2.05) is 13.0 Å². The van der Waals surface area contributed by atoms with E-state index in [1.54, 1.807) is 6.92 Å². The Morgan fingerprint density at radius 1 is 1.03 bits per heavy atom. The summed E-state index contributed by atoms with van der Waals surface area (Å²) in [5.41, 5.74) is 0.00401. The average molecular weight is 493 g/mol. The largest absolute Gasteiger partial charge is 0.397 e. The lowest BCUT2D eigenvalue weighted by molar-refractivity contribution is -0.129. The Morgan fingerprint density at radius 2 is 1.69 bits per heavy atom. The number of hydrogen-bond donors (Lipinski definition) is 2. The summed E-state index contributed by atoms with van der Waals surface area (Å²) in [6.45, 7) is 5.80. The molecule has 0 saturated heterocycles. The minimum atomic E-state index is -4.81. The van der Waals surface area contributed by atoms with Crippen molar-refractivity contribution in [3.05, 3.63) is 11.6 Å². The molecule has 3 saturated carbocycles. The molecule has 0 aromatic carbocycles. The molecule has 0 aromatic rings. The lowest BCUT2D eigenvalue weighted by Gasteiger charge is -2.59. The van der Waals surface area contributed by atoms with E-state index >= 15 is 0 Å². The molecule has 0 amide bonds. The molecule has 9 nitrogen and oxygen atoms in total. The SMILES string of the molecule is CC(=O)[C@H]1CC[C@H]2[C@@H]3CC=C4CC(OS(=O)(=O)O)CC(OS(=O)(=O)O)[C@]4(C)[C@H]3CC[C@]12C. The van der Waals surface area contributed by atoms with E-state index in [9.17, 15) is 26.2 Å². The van der Waals surface area contributed by atoms with Crippen molar-refractivity contribution >= 4 is 26.6 Å². The number of carbonyl (C=O) groups excluding carboxylic acids is 1. The number of hydrogen-bond acceptors (Lipinski definition) is 7. The van der Waals surface area contributed by atoms with Gasteiger partial charge in [0.05, 0.1) is 12.2 Å². The van der Waals surface area contributed by atoms with Crippen molar-refractivity contribution in [3.63, 3.8) is 0 Å². The third-order valence-electron chi connectivity index (χ3n) is 9.12. The lowest BCUT2D eigenvalue weighted by Crippen LogP contribution is -2.57. The second-order valence-electron chi connectivity index (χ2n) is 10.5. The molecule has 4 aliphatic rings. The number of Topliss-reactive ketones (excluding diaryl/α,β-unsaturated/α-hetero) is 1. The van der Waals surface area contributed by atoms with Crippen molar-refractivity contribution in [1.29, 1.82) is 0 Å². The highest BCUT2D eigenvalue weighted by Gasteiger charge is 2.62. The van der Waals surface area contributed by atoms with Crippen LogP contribution in [-0.2, 0) is 34.0 Å². The van der Waals surface area contributed by atoms with Gasteiger partial charge < -0.3 is 0 Å². The number of fused-ring (bicyclic) bond motifs is 5. The zero-order valence-electron chi connectivity index (χ0n) is 18.6. The van der Waals surface area contributed by atoms with Gasteiger partial charge in [0.2, 0.25) is 0 Å². The Labute approximate surface area is 189 Å². The van der Waals surface area contributed by atoms with Crippen LogP contribution < -0.4 is 0 Å². The zero-order chi connectivity index (χ0) is 23.7. The highest BCUT2D eigenvalue weighted by molar-refractivity contribution is 7.81. The van der Waals surface area contributed by atoms with E-state index in [-0.39, 0.29) is 41.8 Å². The fourth-order valence-corrected chi connectivity index (χ4v) is 8.92. The molecule has 4 rings (SSSR count). The average Bonchev–Trinajstić information content (AvgIpc) is 2.97. The first-order valence-corrected chi connectivity index (χ1v) is 13.9. The summed E-state index contributed by atoms with van der Waals surface area (Å²) in [6.07, 6.45) is 4.30. The van der Waals surface area contributed by atoms with Crippen molar-refractivity contribution in [2.75, 3.05) is 0 Å². The van der Waals surface area contributed by atoms with Gasteiger partial charge >= 0.3 is 20.8 Å². The number of allylic oxidation sites excluding steroid dienone is 1. The highest BCUT2D eigenvalue weighted by Crippen LogP contribution is 2.66. The minimum absolute atomic E-state index is 0.0374. The molecule has 0 aromatic heterocycles. The maximum atomic E-state index is 12.3. The molecule has 3 fully saturated rings. The molecule has 11 heteroatoms. The first-order chi connectivity index (χ1) is 14.6. The van der Waals surface area contributed by atoms with Crippen LogP contribution >= 0.6 is 0 Å². The molecule has 4 aliphatic carbocycles. The summed E-state index contributed by atoms with van der Waals surface area (Å²) >= 11 is 0. The van der Waals surface area contributed by atoms with Gasteiger partial charge in [-0.15, -0.1) is 0 Å². The second kappa shape index (κ2) is 7.84. The highest BCUT2D eigenvalue weighted by atomic mass is 32.3. The maximum absolute atomic E-state index is 12.3. The number of ketones is 1. The van der Waals surface area contributed by atoms with Gasteiger partial charge in [-0.25, -0.2) is 8.37 Å². The smallest absolute Gasteiger partial charge is 0.300 e. The van der Waals surface area contributed by atoms with Gasteiger partial charge in [0, 0.05) is 17.8 Å². The van der Waals surface area contributed by atoms with Crippen LogP contribution in [0.1, 0.15) is 65.7 Å². The lowest BCUT2D eigenvalue weighted by atomic mass is 9.46. The number of rotatable bonds is 5. The molecule has 0 aliphatic heterocycles. The minimum Gasteiger partial charge on any atom is -0.300 e. The van der Waals surface area contributed by atoms with E-state index in [1.165, 1.54) is 0 Å². The van der Waals surface area contributed by atoms with Gasteiger partial charge in [-0.05, 0) is 68.6 Å². The summed E-state index contributed by atoms with van der Waals surface area (Å²) < 4.78 is 74.4. The molecular formula is C21H32O9S2. The van der Waals surface area contributed by atoms with Crippen LogP contribution in [0.15, 0.2) is 11.6 Å². The normalized spacial score (nSPS) is 44.2.